The molecular weight excluding hydrogens is 320 g/mol. The predicted molar refractivity (Wildman–Crippen MR) is 89.4 cm³/mol. The second kappa shape index (κ2) is 7.92. The zero-order valence-corrected chi connectivity index (χ0v) is 13.3. The van der Waals surface area contributed by atoms with Crippen LogP contribution in [0, 0.1) is 0 Å². The van der Waals surface area contributed by atoms with E-state index in [1.54, 1.807) is 24.4 Å². The van der Waals surface area contributed by atoms with Gasteiger partial charge in [0, 0.05) is 24.5 Å². The molecule has 0 saturated heterocycles. The van der Waals surface area contributed by atoms with Crippen LogP contribution >= 0.6 is 0 Å². The van der Waals surface area contributed by atoms with Gasteiger partial charge in [0.25, 0.3) is 5.91 Å². The summed E-state index contributed by atoms with van der Waals surface area (Å²) in [6, 6.07) is 15.9. The quantitative estimate of drug-likeness (QED) is 0.700. The molecule has 3 rings (SSSR count). The van der Waals surface area contributed by atoms with Gasteiger partial charge in [-0.3, -0.25) is 9.78 Å². The van der Waals surface area contributed by atoms with Crippen molar-refractivity contribution in [2.24, 2.45) is 0 Å². The molecule has 2 aromatic heterocycles. The molecule has 1 aromatic carbocycles. The summed E-state index contributed by atoms with van der Waals surface area (Å²) >= 11 is 0. The van der Waals surface area contributed by atoms with E-state index in [9.17, 15) is 9.59 Å². The molecule has 0 fully saturated rings. The smallest absolute Gasteiger partial charge is 0.375 e. The summed E-state index contributed by atoms with van der Waals surface area (Å²) in [5.74, 6) is -1.12. The minimum atomic E-state index is -1.12. The molecule has 126 valence electrons. The van der Waals surface area contributed by atoms with Gasteiger partial charge in [0.15, 0.2) is 0 Å². The molecule has 1 atom stereocenters. The van der Waals surface area contributed by atoms with Crippen molar-refractivity contribution in [1.82, 2.24) is 10.3 Å². The third kappa shape index (κ3) is 4.32. The molecule has 0 aliphatic heterocycles. The second-order valence-electron chi connectivity index (χ2n) is 5.25. The molecule has 0 bridgehead atoms. The molecule has 0 spiro atoms. The maximum absolute atomic E-state index is 12.6. The van der Waals surface area contributed by atoms with E-state index in [0.29, 0.717) is 12.1 Å². The van der Waals surface area contributed by atoms with Crippen LogP contribution in [0.4, 0.5) is 0 Å². The van der Waals surface area contributed by atoms with E-state index in [2.05, 4.69) is 10.3 Å². The Morgan fingerprint density at radius 1 is 1.08 bits per heavy atom. The van der Waals surface area contributed by atoms with Crippen molar-refractivity contribution >= 4 is 11.9 Å². The molecule has 0 unspecified atom stereocenters. The third-order valence-corrected chi connectivity index (χ3v) is 3.48. The van der Waals surface area contributed by atoms with E-state index >= 15 is 0 Å². The van der Waals surface area contributed by atoms with Crippen molar-refractivity contribution < 1.29 is 18.7 Å². The van der Waals surface area contributed by atoms with Crippen LogP contribution < -0.4 is 5.32 Å². The van der Waals surface area contributed by atoms with E-state index in [0.717, 1.165) is 5.56 Å². The highest BCUT2D eigenvalue weighted by Crippen LogP contribution is 2.19. The Morgan fingerprint density at radius 3 is 2.60 bits per heavy atom. The zero-order valence-electron chi connectivity index (χ0n) is 13.3. The topological polar surface area (TPSA) is 81.4 Å². The van der Waals surface area contributed by atoms with Crippen LogP contribution in [0.3, 0.4) is 0 Å². The Balaban J connectivity index is 1.74. The summed E-state index contributed by atoms with van der Waals surface area (Å²) in [7, 11) is 0. The lowest BCUT2D eigenvalue weighted by atomic mass is 10.1. The van der Waals surface area contributed by atoms with Crippen LogP contribution in [0.2, 0.25) is 0 Å². The fourth-order valence-corrected chi connectivity index (χ4v) is 2.24. The number of aromatic nitrogens is 1. The average molecular weight is 336 g/mol. The average Bonchev–Trinajstić information content (AvgIpc) is 3.20. The van der Waals surface area contributed by atoms with Crippen molar-refractivity contribution in [2.75, 3.05) is 0 Å². The molecule has 2 heterocycles. The highest BCUT2D eigenvalue weighted by atomic mass is 16.6. The first-order valence-electron chi connectivity index (χ1n) is 7.70. The molecular formula is C19H16N2O4. The molecule has 0 radical (unpaired) electrons. The van der Waals surface area contributed by atoms with Gasteiger partial charge in [-0.25, -0.2) is 4.79 Å². The van der Waals surface area contributed by atoms with Crippen molar-refractivity contribution in [3.05, 3.63) is 90.1 Å². The van der Waals surface area contributed by atoms with Crippen LogP contribution in [0.25, 0.3) is 0 Å². The SMILES string of the molecule is O=C(O[C@H](C(=O)NCc1ccccc1)c1cccnc1)c1ccco1. The first-order valence-corrected chi connectivity index (χ1v) is 7.70. The maximum Gasteiger partial charge on any atom is 0.375 e. The molecule has 0 saturated carbocycles. The third-order valence-electron chi connectivity index (χ3n) is 3.48. The number of nitrogens with zero attached hydrogens (tertiary/aromatic N) is 1. The molecule has 6 nitrogen and oxygen atoms in total. The fraction of sp³-hybridized carbons (Fsp3) is 0.105. The highest BCUT2D eigenvalue weighted by Gasteiger charge is 2.26. The molecule has 6 heteroatoms. The Kier molecular flexibility index (Phi) is 5.21. The standard InChI is InChI=1S/C19H16N2O4/c22-18(21-12-14-6-2-1-3-7-14)17(15-8-4-10-20-13-15)25-19(23)16-9-5-11-24-16/h1-11,13,17H,12H2,(H,21,22)/t17-/m0/s1. The Morgan fingerprint density at radius 2 is 1.92 bits per heavy atom. The number of nitrogens with one attached hydrogen (secondary N) is 1. The first-order chi connectivity index (χ1) is 12.2. The summed E-state index contributed by atoms with van der Waals surface area (Å²) in [6.45, 7) is 0.328. The van der Waals surface area contributed by atoms with Gasteiger partial charge in [0.05, 0.1) is 6.26 Å². The Bertz CT molecular complexity index is 817. The largest absolute Gasteiger partial charge is 0.457 e. The van der Waals surface area contributed by atoms with Crippen molar-refractivity contribution in [1.29, 1.82) is 0 Å². The minimum absolute atomic E-state index is 0.0322. The number of carbonyl (C=O) groups is 2. The zero-order chi connectivity index (χ0) is 17.5. The van der Waals surface area contributed by atoms with Crippen molar-refractivity contribution in [3.8, 4) is 0 Å². The number of furan rings is 1. The number of esters is 1. The number of rotatable bonds is 6. The van der Waals surface area contributed by atoms with Crippen LogP contribution in [0.1, 0.15) is 27.8 Å². The lowest BCUT2D eigenvalue weighted by Crippen LogP contribution is -2.31. The number of amides is 1. The van der Waals surface area contributed by atoms with Gasteiger partial charge in [-0.2, -0.15) is 0 Å². The molecule has 25 heavy (non-hydrogen) atoms. The lowest BCUT2D eigenvalue weighted by Gasteiger charge is -2.17. The van der Waals surface area contributed by atoms with Crippen LogP contribution in [0.5, 0.6) is 0 Å². The van der Waals surface area contributed by atoms with Crippen molar-refractivity contribution in [2.45, 2.75) is 12.6 Å². The van der Waals surface area contributed by atoms with Crippen LogP contribution in [-0.4, -0.2) is 16.9 Å². The number of pyridine rings is 1. The number of ether oxygens (including phenoxy) is 1. The molecule has 0 aliphatic rings. The lowest BCUT2D eigenvalue weighted by molar-refractivity contribution is -0.130. The van der Waals surface area contributed by atoms with Crippen LogP contribution in [-0.2, 0) is 16.1 Å². The number of carbonyl (C=O) groups excluding carboxylic acids is 2. The van der Waals surface area contributed by atoms with Gasteiger partial charge in [0.1, 0.15) is 0 Å². The van der Waals surface area contributed by atoms with E-state index in [-0.39, 0.29) is 5.76 Å². The van der Waals surface area contributed by atoms with Crippen LogP contribution in [0.15, 0.2) is 77.7 Å². The monoisotopic (exact) mass is 336 g/mol. The van der Waals surface area contributed by atoms with E-state index < -0.39 is 18.0 Å². The summed E-state index contributed by atoms with van der Waals surface area (Å²) in [4.78, 5) is 28.7. The van der Waals surface area contributed by atoms with E-state index in [1.807, 2.05) is 30.3 Å². The Labute approximate surface area is 144 Å². The number of hydrogen-bond donors (Lipinski definition) is 1. The molecule has 3 aromatic rings. The fourth-order valence-electron chi connectivity index (χ4n) is 2.24. The molecule has 0 aliphatic carbocycles. The van der Waals surface area contributed by atoms with E-state index in [1.165, 1.54) is 18.5 Å². The van der Waals surface area contributed by atoms with Gasteiger partial charge in [-0.1, -0.05) is 36.4 Å². The van der Waals surface area contributed by atoms with E-state index in [4.69, 9.17) is 9.15 Å². The second-order valence-corrected chi connectivity index (χ2v) is 5.25. The molecule has 1 amide bonds. The maximum atomic E-state index is 12.6. The normalized spacial score (nSPS) is 11.5. The highest BCUT2D eigenvalue weighted by molar-refractivity contribution is 5.90. The first kappa shape index (κ1) is 16.4. The van der Waals surface area contributed by atoms with Gasteiger partial charge in [-0.05, 0) is 23.8 Å². The summed E-state index contributed by atoms with van der Waals surface area (Å²) in [5.41, 5.74) is 1.42. The van der Waals surface area contributed by atoms with Gasteiger partial charge < -0.3 is 14.5 Å². The minimum Gasteiger partial charge on any atom is -0.457 e. The summed E-state index contributed by atoms with van der Waals surface area (Å²) < 4.78 is 10.4. The van der Waals surface area contributed by atoms with Gasteiger partial charge in [-0.15, -0.1) is 0 Å². The van der Waals surface area contributed by atoms with Crippen molar-refractivity contribution in [3.63, 3.8) is 0 Å². The Hall–Kier alpha value is -3.41. The molecule has 1 N–H and O–H groups in total. The van der Waals surface area contributed by atoms with Gasteiger partial charge >= 0.3 is 5.97 Å². The van der Waals surface area contributed by atoms with Gasteiger partial charge in [0.2, 0.25) is 11.9 Å². The number of benzene rings is 1. The number of hydrogen-bond acceptors (Lipinski definition) is 5. The summed E-state index contributed by atoms with van der Waals surface area (Å²) in [6.07, 6.45) is 3.32. The predicted octanol–water partition coefficient (Wildman–Crippen LogP) is 2.89. The summed E-state index contributed by atoms with van der Waals surface area (Å²) in [5, 5.41) is 2.77.